The SMILES string of the molecule is COc1cc2c(cc1C(C)C)CC[C@H]1[C@](C)(C#N)CCC[C@]21C. The molecule has 3 atom stereocenters. The lowest BCUT2D eigenvalue weighted by Gasteiger charge is -2.53. The zero-order chi connectivity index (χ0) is 16.8. The van der Waals surface area contributed by atoms with Crippen molar-refractivity contribution in [1.82, 2.24) is 0 Å². The van der Waals surface area contributed by atoms with Gasteiger partial charge >= 0.3 is 0 Å². The number of ether oxygens (including phenoxy) is 1. The fraction of sp³-hybridized carbons (Fsp3) is 0.667. The zero-order valence-corrected chi connectivity index (χ0v) is 15.2. The molecule has 124 valence electrons. The standard InChI is InChI=1S/C21H29NO/c1-14(2)16-11-15-7-8-19-20(3,13-22)9-6-10-21(19,4)17(15)12-18(16)23-5/h11-12,14,19H,6-10H2,1-5H3/t19-,20-,21+/m0/s1. The Kier molecular flexibility index (Phi) is 3.95. The Hall–Kier alpha value is -1.49. The maximum absolute atomic E-state index is 9.79. The average Bonchev–Trinajstić information content (AvgIpc) is 2.53. The summed E-state index contributed by atoms with van der Waals surface area (Å²) in [5, 5.41) is 9.79. The van der Waals surface area contributed by atoms with E-state index in [-0.39, 0.29) is 10.8 Å². The zero-order valence-electron chi connectivity index (χ0n) is 15.2. The van der Waals surface area contributed by atoms with Gasteiger partial charge in [0, 0.05) is 0 Å². The molecule has 1 aromatic carbocycles. The van der Waals surface area contributed by atoms with E-state index in [4.69, 9.17) is 4.74 Å². The van der Waals surface area contributed by atoms with E-state index in [1.54, 1.807) is 7.11 Å². The highest BCUT2D eigenvalue weighted by molar-refractivity contribution is 5.49. The summed E-state index contributed by atoms with van der Waals surface area (Å²) in [4.78, 5) is 0. The monoisotopic (exact) mass is 311 g/mol. The molecule has 23 heavy (non-hydrogen) atoms. The molecule has 2 heteroatoms. The molecule has 2 aliphatic rings. The minimum absolute atomic E-state index is 0.110. The minimum atomic E-state index is -0.186. The second-order valence-corrected chi connectivity index (χ2v) is 8.30. The van der Waals surface area contributed by atoms with E-state index in [1.165, 1.54) is 23.1 Å². The van der Waals surface area contributed by atoms with Crippen molar-refractivity contribution >= 4 is 0 Å². The smallest absolute Gasteiger partial charge is 0.122 e. The first kappa shape index (κ1) is 16.4. The molecule has 2 aliphatic carbocycles. The summed E-state index contributed by atoms with van der Waals surface area (Å²) >= 11 is 0. The first-order valence-corrected chi connectivity index (χ1v) is 8.98. The lowest BCUT2D eigenvalue weighted by Crippen LogP contribution is -2.48. The average molecular weight is 311 g/mol. The third-order valence-corrected chi connectivity index (χ3v) is 6.58. The van der Waals surface area contributed by atoms with Gasteiger partial charge in [-0.05, 0) is 72.6 Å². The third-order valence-electron chi connectivity index (χ3n) is 6.58. The van der Waals surface area contributed by atoms with E-state index in [0.29, 0.717) is 11.8 Å². The predicted molar refractivity (Wildman–Crippen MR) is 93.8 cm³/mol. The van der Waals surface area contributed by atoms with Gasteiger partial charge in [0.15, 0.2) is 0 Å². The van der Waals surface area contributed by atoms with E-state index in [1.807, 2.05) is 0 Å². The van der Waals surface area contributed by atoms with Crippen LogP contribution in [0.5, 0.6) is 5.75 Å². The van der Waals surface area contributed by atoms with Crippen molar-refractivity contribution in [3.05, 3.63) is 28.8 Å². The van der Waals surface area contributed by atoms with Crippen molar-refractivity contribution in [2.75, 3.05) is 7.11 Å². The number of rotatable bonds is 2. The van der Waals surface area contributed by atoms with Crippen LogP contribution in [-0.4, -0.2) is 7.11 Å². The van der Waals surface area contributed by atoms with Gasteiger partial charge in [0.2, 0.25) is 0 Å². The summed E-state index contributed by atoms with van der Waals surface area (Å²) in [5.41, 5.74) is 4.16. The number of benzene rings is 1. The second-order valence-electron chi connectivity index (χ2n) is 8.30. The molecule has 0 aromatic heterocycles. The summed E-state index contributed by atoms with van der Waals surface area (Å²) in [5.74, 6) is 1.94. The molecular formula is C21H29NO. The molecule has 1 fully saturated rings. The highest BCUT2D eigenvalue weighted by atomic mass is 16.5. The van der Waals surface area contributed by atoms with Gasteiger partial charge in [0.25, 0.3) is 0 Å². The Balaban J connectivity index is 2.15. The molecule has 0 bridgehead atoms. The summed E-state index contributed by atoms with van der Waals surface area (Å²) in [6.45, 7) is 9.02. The Morgan fingerprint density at radius 3 is 2.61 bits per heavy atom. The van der Waals surface area contributed by atoms with Gasteiger partial charge in [-0.2, -0.15) is 5.26 Å². The highest BCUT2D eigenvalue weighted by Crippen LogP contribution is 2.57. The molecule has 0 saturated heterocycles. The molecule has 1 aromatic rings. The van der Waals surface area contributed by atoms with Crippen LogP contribution in [0.3, 0.4) is 0 Å². The maximum atomic E-state index is 9.79. The van der Waals surface area contributed by atoms with Gasteiger partial charge in [0.1, 0.15) is 5.75 Å². The summed E-state index contributed by atoms with van der Waals surface area (Å²) in [6.07, 6.45) is 5.60. The number of aryl methyl sites for hydroxylation is 1. The van der Waals surface area contributed by atoms with E-state index < -0.39 is 0 Å². The predicted octanol–water partition coefficient (Wildman–Crippen LogP) is 5.35. The highest BCUT2D eigenvalue weighted by Gasteiger charge is 2.52. The molecule has 0 spiro atoms. The van der Waals surface area contributed by atoms with Gasteiger partial charge in [0.05, 0.1) is 18.6 Å². The largest absolute Gasteiger partial charge is 0.496 e. The van der Waals surface area contributed by atoms with Gasteiger partial charge in [-0.3, -0.25) is 0 Å². The lowest BCUT2D eigenvalue weighted by atomic mass is 9.50. The van der Waals surface area contributed by atoms with Crippen LogP contribution in [0.4, 0.5) is 0 Å². The Labute approximate surface area is 140 Å². The molecule has 2 nitrogen and oxygen atoms in total. The van der Waals surface area contributed by atoms with Crippen LogP contribution in [0, 0.1) is 22.7 Å². The molecule has 0 heterocycles. The fourth-order valence-electron chi connectivity index (χ4n) is 5.28. The molecule has 0 unspecified atom stereocenters. The summed E-state index contributed by atoms with van der Waals surface area (Å²) in [6, 6.07) is 7.33. The van der Waals surface area contributed by atoms with Gasteiger partial charge < -0.3 is 4.74 Å². The molecular weight excluding hydrogens is 282 g/mol. The van der Waals surface area contributed by atoms with Gasteiger partial charge in [-0.15, -0.1) is 0 Å². The summed E-state index contributed by atoms with van der Waals surface area (Å²) < 4.78 is 5.71. The van der Waals surface area contributed by atoms with E-state index in [2.05, 4.69) is 45.9 Å². The second kappa shape index (κ2) is 5.55. The number of hydrogen-bond donors (Lipinski definition) is 0. The lowest BCUT2D eigenvalue weighted by molar-refractivity contribution is 0.0686. The van der Waals surface area contributed by atoms with E-state index in [0.717, 1.165) is 31.4 Å². The van der Waals surface area contributed by atoms with Crippen LogP contribution in [0.15, 0.2) is 12.1 Å². The van der Waals surface area contributed by atoms with Crippen LogP contribution < -0.4 is 4.74 Å². The van der Waals surface area contributed by atoms with Gasteiger partial charge in [-0.1, -0.05) is 33.3 Å². The number of nitriles is 1. The molecule has 0 amide bonds. The molecule has 0 radical (unpaired) electrons. The van der Waals surface area contributed by atoms with Crippen LogP contribution in [0.2, 0.25) is 0 Å². The van der Waals surface area contributed by atoms with Crippen LogP contribution in [0.25, 0.3) is 0 Å². The van der Waals surface area contributed by atoms with Crippen molar-refractivity contribution in [3.63, 3.8) is 0 Å². The van der Waals surface area contributed by atoms with Crippen LogP contribution >= 0.6 is 0 Å². The molecule has 1 saturated carbocycles. The Bertz CT molecular complexity index is 657. The number of methoxy groups -OCH3 is 1. The van der Waals surface area contributed by atoms with Crippen molar-refractivity contribution in [3.8, 4) is 11.8 Å². The van der Waals surface area contributed by atoms with Crippen LogP contribution in [-0.2, 0) is 11.8 Å². The third kappa shape index (κ3) is 2.36. The van der Waals surface area contributed by atoms with Crippen molar-refractivity contribution in [1.29, 1.82) is 5.26 Å². The first-order chi connectivity index (χ1) is 10.9. The quantitative estimate of drug-likeness (QED) is 0.737. The van der Waals surface area contributed by atoms with E-state index >= 15 is 0 Å². The number of nitrogens with zero attached hydrogens (tertiary/aromatic N) is 1. The van der Waals surface area contributed by atoms with E-state index in [9.17, 15) is 5.26 Å². The Morgan fingerprint density at radius 1 is 1.26 bits per heavy atom. The molecule has 0 N–H and O–H groups in total. The first-order valence-electron chi connectivity index (χ1n) is 8.98. The van der Waals surface area contributed by atoms with Crippen molar-refractivity contribution < 1.29 is 4.74 Å². The molecule has 0 aliphatic heterocycles. The normalized spacial score (nSPS) is 32.8. The minimum Gasteiger partial charge on any atom is -0.496 e. The van der Waals surface area contributed by atoms with Crippen molar-refractivity contribution in [2.45, 2.75) is 71.1 Å². The number of hydrogen-bond acceptors (Lipinski definition) is 2. The van der Waals surface area contributed by atoms with Gasteiger partial charge in [-0.25, -0.2) is 0 Å². The fourth-order valence-corrected chi connectivity index (χ4v) is 5.28. The summed E-state index contributed by atoms with van der Waals surface area (Å²) in [7, 11) is 1.77. The topological polar surface area (TPSA) is 33.0 Å². The van der Waals surface area contributed by atoms with Crippen molar-refractivity contribution in [2.24, 2.45) is 11.3 Å². The maximum Gasteiger partial charge on any atom is 0.122 e. The molecule has 3 rings (SSSR count). The Morgan fingerprint density at radius 2 is 2.00 bits per heavy atom. The number of fused-ring (bicyclic) bond motifs is 3. The van der Waals surface area contributed by atoms with Crippen LogP contribution in [0.1, 0.15) is 76.0 Å².